The molecular weight excluding hydrogens is 406 g/mol. The molecule has 0 atom stereocenters. The van der Waals surface area contributed by atoms with Crippen molar-refractivity contribution in [1.82, 2.24) is 29.7 Å². The summed E-state index contributed by atoms with van der Waals surface area (Å²) in [4.78, 5) is 30.1. The Morgan fingerprint density at radius 2 is 1.72 bits per heavy atom. The molecule has 3 heterocycles. The van der Waals surface area contributed by atoms with Crippen LogP contribution in [-0.2, 0) is 11.2 Å². The van der Waals surface area contributed by atoms with E-state index in [1.165, 1.54) is 12.4 Å². The molecule has 4 aromatic rings. The smallest absolute Gasteiger partial charge is 0.251 e. The molecule has 0 bridgehead atoms. The fourth-order valence-corrected chi connectivity index (χ4v) is 3.48. The number of carbonyl (C=O) groups is 1. The molecule has 0 saturated heterocycles. The van der Waals surface area contributed by atoms with E-state index in [-0.39, 0.29) is 18.1 Å². The van der Waals surface area contributed by atoms with Gasteiger partial charge in [0.25, 0.3) is 5.95 Å². The molecule has 1 aromatic carbocycles. The maximum atomic E-state index is 12.7. The topological polar surface area (TPSA) is 119 Å². The van der Waals surface area contributed by atoms with Crippen LogP contribution in [0.15, 0.2) is 42.7 Å². The van der Waals surface area contributed by atoms with E-state index >= 15 is 0 Å². The lowest BCUT2D eigenvalue weighted by Gasteiger charge is -2.07. The van der Waals surface area contributed by atoms with Gasteiger partial charge in [-0.3, -0.25) is 4.79 Å². The molecule has 0 spiro atoms. The number of nitrogens with zero attached hydrogens (tertiary/aromatic N) is 6. The molecule has 32 heavy (non-hydrogen) atoms. The Bertz CT molecular complexity index is 1280. The van der Waals surface area contributed by atoms with E-state index in [0.29, 0.717) is 23.0 Å². The zero-order chi connectivity index (χ0) is 22.8. The van der Waals surface area contributed by atoms with Gasteiger partial charge in [-0.05, 0) is 45.9 Å². The zero-order valence-corrected chi connectivity index (χ0v) is 18.3. The van der Waals surface area contributed by atoms with Gasteiger partial charge in [-0.1, -0.05) is 12.1 Å². The minimum atomic E-state index is -0.203. The first-order valence-corrected chi connectivity index (χ1v) is 10.1. The predicted molar refractivity (Wildman–Crippen MR) is 120 cm³/mol. The average Bonchev–Trinajstić information content (AvgIpc) is 3.02. The molecule has 0 saturated carbocycles. The number of hydrogen-bond acceptors (Lipinski definition) is 7. The summed E-state index contributed by atoms with van der Waals surface area (Å²) in [6.45, 7) is 7.58. The van der Waals surface area contributed by atoms with Crippen LogP contribution in [0.4, 0.5) is 5.69 Å². The lowest BCUT2D eigenvalue weighted by Crippen LogP contribution is -2.16. The van der Waals surface area contributed by atoms with Crippen molar-refractivity contribution in [3.63, 3.8) is 0 Å². The molecule has 4 rings (SSSR count). The highest BCUT2D eigenvalue weighted by Crippen LogP contribution is 2.21. The number of hydrogen-bond donors (Lipinski definition) is 2. The van der Waals surface area contributed by atoms with E-state index in [1.807, 2.05) is 33.8 Å². The molecule has 3 aromatic heterocycles. The summed E-state index contributed by atoms with van der Waals surface area (Å²) < 4.78 is 1.67. The Hall–Kier alpha value is -4.14. The number of nitrogens with one attached hydrogen (secondary N) is 1. The third kappa shape index (κ3) is 4.46. The molecule has 9 heteroatoms. The predicted octanol–water partition coefficient (Wildman–Crippen LogP) is 3.24. The molecule has 1 amide bonds. The van der Waals surface area contributed by atoms with Crippen LogP contribution in [0.2, 0.25) is 0 Å². The van der Waals surface area contributed by atoms with Crippen molar-refractivity contribution < 1.29 is 9.90 Å². The van der Waals surface area contributed by atoms with E-state index in [0.717, 1.165) is 28.3 Å². The number of rotatable bonds is 5. The number of benzene rings is 1. The summed E-state index contributed by atoms with van der Waals surface area (Å²) in [5, 5.41) is 17.0. The van der Waals surface area contributed by atoms with E-state index in [9.17, 15) is 9.90 Å². The fraction of sp³-hybridized carbons (Fsp3) is 0.217. The zero-order valence-electron chi connectivity index (χ0n) is 18.3. The highest BCUT2D eigenvalue weighted by molar-refractivity contribution is 5.92. The summed E-state index contributed by atoms with van der Waals surface area (Å²) in [5.74, 6) is 0.887. The Morgan fingerprint density at radius 1 is 1.03 bits per heavy atom. The number of amides is 1. The number of anilines is 1. The highest BCUT2D eigenvalue weighted by atomic mass is 16.3. The van der Waals surface area contributed by atoms with Crippen molar-refractivity contribution in [3.05, 3.63) is 71.1 Å². The number of phenols is 1. The van der Waals surface area contributed by atoms with Gasteiger partial charge in [-0.15, -0.1) is 0 Å². The second-order valence-corrected chi connectivity index (χ2v) is 7.58. The van der Waals surface area contributed by atoms with E-state index < -0.39 is 0 Å². The summed E-state index contributed by atoms with van der Waals surface area (Å²) >= 11 is 0. The normalized spacial score (nSPS) is 10.9. The van der Waals surface area contributed by atoms with Crippen LogP contribution in [0.25, 0.3) is 17.3 Å². The third-order valence-corrected chi connectivity index (χ3v) is 4.98. The number of phenolic OH excluding ortho intramolecular Hbond substituents is 1. The van der Waals surface area contributed by atoms with Crippen LogP contribution in [0.1, 0.15) is 28.3 Å². The summed E-state index contributed by atoms with van der Waals surface area (Å²) in [6.07, 6.45) is 3.23. The Labute approximate surface area is 185 Å². The van der Waals surface area contributed by atoms with Crippen molar-refractivity contribution in [3.8, 4) is 23.1 Å². The van der Waals surface area contributed by atoms with Gasteiger partial charge in [-0.2, -0.15) is 5.10 Å². The number of carbonyl (C=O) groups excluding carboxylic acids is 1. The molecule has 0 fully saturated rings. The van der Waals surface area contributed by atoms with E-state index in [4.69, 9.17) is 0 Å². The SMILES string of the molecule is Cc1cc(C)nc(-n2nc(C)c(CC(=O)Nc3cnc(-c4cccc(O)c4)nc3)c2C)n1. The minimum Gasteiger partial charge on any atom is -0.508 e. The van der Waals surface area contributed by atoms with Crippen LogP contribution in [0.3, 0.4) is 0 Å². The van der Waals surface area contributed by atoms with Crippen LogP contribution in [0.5, 0.6) is 5.75 Å². The average molecular weight is 429 g/mol. The van der Waals surface area contributed by atoms with Gasteiger partial charge < -0.3 is 10.4 Å². The minimum absolute atomic E-state index is 0.140. The maximum absolute atomic E-state index is 12.7. The molecule has 2 N–H and O–H groups in total. The quantitative estimate of drug-likeness (QED) is 0.500. The fourth-order valence-electron chi connectivity index (χ4n) is 3.48. The van der Waals surface area contributed by atoms with Crippen molar-refractivity contribution in [2.24, 2.45) is 0 Å². The van der Waals surface area contributed by atoms with Gasteiger partial charge >= 0.3 is 0 Å². The van der Waals surface area contributed by atoms with Crippen molar-refractivity contribution in [2.45, 2.75) is 34.1 Å². The Morgan fingerprint density at radius 3 is 2.38 bits per heavy atom. The maximum Gasteiger partial charge on any atom is 0.251 e. The highest BCUT2D eigenvalue weighted by Gasteiger charge is 2.18. The summed E-state index contributed by atoms with van der Waals surface area (Å²) in [7, 11) is 0. The molecular formula is C23H23N7O2. The largest absolute Gasteiger partial charge is 0.508 e. The lowest BCUT2D eigenvalue weighted by molar-refractivity contribution is -0.115. The van der Waals surface area contributed by atoms with Crippen molar-refractivity contribution in [1.29, 1.82) is 0 Å². The first-order chi connectivity index (χ1) is 15.3. The molecule has 162 valence electrons. The molecule has 9 nitrogen and oxygen atoms in total. The summed E-state index contributed by atoms with van der Waals surface area (Å²) in [6, 6.07) is 8.58. The second kappa shape index (κ2) is 8.54. The summed E-state index contributed by atoms with van der Waals surface area (Å²) in [5.41, 5.74) is 5.27. The van der Waals surface area contributed by atoms with Crippen LogP contribution in [0, 0.1) is 27.7 Å². The van der Waals surface area contributed by atoms with Gasteiger partial charge in [0.1, 0.15) is 5.75 Å². The van der Waals surface area contributed by atoms with Crippen LogP contribution < -0.4 is 5.32 Å². The van der Waals surface area contributed by atoms with Crippen LogP contribution in [-0.4, -0.2) is 40.7 Å². The molecule has 0 aliphatic heterocycles. The molecule has 0 aliphatic rings. The van der Waals surface area contributed by atoms with Crippen molar-refractivity contribution >= 4 is 11.6 Å². The number of aromatic hydroxyl groups is 1. The van der Waals surface area contributed by atoms with E-state index in [2.05, 4.69) is 30.4 Å². The standard InChI is InChI=1S/C23H23N7O2/c1-13-8-14(2)27-23(26-13)30-16(4)20(15(3)29-30)10-21(32)28-18-11-24-22(25-12-18)17-6-5-7-19(31)9-17/h5-9,11-12,31H,10H2,1-4H3,(H,28,32). The molecule has 0 radical (unpaired) electrons. The lowest BCUT2D eigenvalue weighted by atomic mass is 10.1. The Balaban J connectivity index is 1.49. The van der Waals surface area contributed by atoms with Gasteiger partial charge in [-0.25, -0.2) is 24.6 Å². The number of aromatic nitrogens is 6. The van der Waals surface area contributed by atoms with Gasteiger partial charge in [0.15, 0.2) is 5.82 Å². The van der Waals surface area contributed by atoms with Gasteiger partial charge in [0.05, 0.1) is 30.2 Å². The first-order valence-electron chi connectivity index (χ1n) is 10.1. The second-order valence-electron chi connectivity index (χ2n) is 7.58. The monoisotopic (exact) mass is 429 g/mol. The number of aryl methyl sites for hydroxylation is 3. The van der Waals surface area contributed by atoms with Crippen molar-refractivity contribution in [2.75, 3.05) is 5.32 Å². The van der Waals surface area contributed by atoms with Gasteiger partial charge in [0, 0.05) is 28.2 Å². The Kier molecular flexibility index (Phi) is 5.63. The first kappa shape index (κ1) is 21.1. The third-order valence-electron chi connectivity index (χ3n) is 4.98. The molecule has 0 unspecified atom stereocenters. The van der Waals surface area contributed by atoms with E-state index in [1.54, 1.807) is 28.9 Å². The van der Waals surface area contributed by atoms with Gasteiger partial charge in [0.2, 0.25) is 5.91 Å². The molecule has 0 aliphatic carbocycles. The van der Waals surface area contributed by atoms with Crippen LogP contribution >= 0.6 is 0 Å².